The fourth-order valence-electron chi connectivity index (χ4n) is 4.57. The topological polar surface area (TPSA) is 118 Å². The number of sulfonamides is 1. The highest BCUT2D eigenvalue weighted by molar-refractivity contribution is 7.89. The molecule has 2 aromatic heterocycles. The monoisotopic (exact) mass is 466 g/mol. The molecule has 0 atom stereocenters. The molecule has 9 heteroatoms. The Morgan fingerprint density at radius 3 is 2.58 bits per heavy atom. The number of aromatic amines is 1. The van der Waals surface area contributed by atoms with Gasteiger partial charge < -0.3 is 14.6 Å². The molecule has 1 aliphatic carbocycles. The van der Waals surface area contributed by atoms with Gasteiger partial charge >= 0.3 is 6.09 Å². The van der Waals surface area contributed by atoms with Crippen LogP contribution in [0.1, 0.15) is 37.7 Å². The number of nitrogens with two attached hydrogens (primary N) is 1. The average Bonchev–Trinajstić information content (AvgIpc) is 3.48. The van der Waals surface area contributed by atoms with Crippen LogP contribution >= 0.6 is 0 Å². The molecular weight excluding hydrogens is 440 g/mol. The van der Waals surface area contributed by atoms with Gasteiger partial charge in [-0.25, -0.2) is 23.3 Å². The summed E-state index contributed by atoms with van der Waals surface area (Å²) in [6.45, 7) is 1.14. The van der Waals surface area contributed by atoms with Gasteiger partial charge in [0, 0.05) is 42.0 Å². The van der Waals surface area contributed by atoms with Gasteiger partial charge in [0.25, 0.3) is 0 Å². The van der Waals surface area contributed by atoms with Crippen molar-refractivity contribution in [3.8, 4) is 11.1 Å². The Kier molecular flexibility index (Phi) is 5.67. The van der Waals surface area contributed by atoms with Crippen LogP contribution < -0.4 is 5.14 Å². The maximum Gasteiger partial charge on any atom is 0.410 e. The number of H-pyrrole nitrogens is 1. The van der Waals surface area contributed by atoms with Crippen molar-refractivity contribution >= 4 is 32.7 Å². The van der Waals surface area contributed by atoms with Gasteiger partial charge in [-0.05, 0) is 61.4 Å². The molecule has 0 saturated heterocycles. The molecule has 1 aliphatic heterocycles. The number of hydrogen-bond donors (Lipinski definition) is 2. The summed E-state index contributed by atoms with van der Waals surface area (Å²) in [5.74, 6) is 0. The smallest absolute Gasteiger partial charge is 0.410 e. The van der Waals surface area contributed by atoms with Crippen molar-refractivity contribution in [3.63, 3.8) is 0 Å². The van der Waals surface area contributed by atoms with E-state index in [9.17, 15) is 13.2 Å². The van der Waals surface area contributed by atoms with Crippen molar-refractivity contribution in [1.29, 1.82) is 0 Å². The summed E-state index contributed by atoms with van der Waals surface area (Å²) in [5.41, 5.74) is 4.72. The van der Waals surface area contributed by atoms with Gasteiger partial charge in [-0.3, -0.25) is 0 Å². The lowest BCUT2D eigenvalue weighted by Gasteiger charge is -2.27. The zero-order valence-electron chi connectivity index (χ0n) is 18.2. The first-order chi connectivity index (χ1) is 15.9. The second kappa shape index (κ2) is 8.64. The number of primary sulfonamides is 1. The van der Waals surface area contributed by atoms with Gasteiger partial charge in [-0.1, -0.05) is 18.2 Å². The number of pyridine rings is 1. The summed E-state index contributed by atoms with van der Waals surface area (Å²) in [6, 6.07) is 8.48. The molecule has 0 unspecified atom stereocenters. The van der Waals surface area contributed by atoms with Gasteiger partial charge in [0.05, 0.1) is 4.90 Å². The number of nitrogens with zero attached hydrogens (tertiary/aromatic N) is 2. The molecule has 0 bridgehead atoms. The Morgan fingerprint density at radius 2 is 1.91 bits per heavy atom. The molecular formula is C24H26N4O4S. The first kappa shape index (κ1) is 21.7. The van der Waals surface area contributed by atoms with Crippen molar-refractivity contribution in [3.05, 3.63) is 54.4 Å². The van der Waals surface area contributed by atoms with E-state index < -0.39 is 10.0 Å². The van der Waals surface area contributed by atoms with E-state index in [0.29, 0.717) is 13.1 Å². The second-order valence-corrected chi connectivity index (χ2v) is 10.2. The van der Waals surface area contributed by atoms with E-state index in [-0.39, 0.29) is 17.1 Å². The molecule has 3 N–H and O–H groups in total. The predicted octanol–water partition coefficient (Wildman–Crippen LogP) is 4.05. The van der Waals surface area contributed by atoms with E-state index in [1.54, 1.807) is 23.2 Å². The van der Waals surface area contributed by atoms with Crippen LogP contribution in [0.4, 0.5) is 4.79 Å². The predicted molar refractivity (Wildman–Crippen MR) is 126 cm³/mol. The van der Waals surface area contributed by atoms with Crippen molar-refractivity contribution in [2.45, 2.75) is 43.1 Å². The van der Waals surface area contributed by atoms with Crippen molar-refractivity contribution in [2.24, 2.45) is 5.14 Å². The van der Waals surface area contributed by atoms with Gasteiger partial charge in [-0.15, -0.1) is 0 Å². The molecule has 1 aromatic carbocycles. The second-order valence-electron chi connectivity index (χ2n) is 8.61. The summed E-state index contributed by atoms with van der Waals surface area (Å²) in [7, 11) is -3.73. The average molecular weight is 467 g/mol. The summed E-state index contributed by atoms with van der Waals surface area (Å²) in [4.78, 5) is 22.0. The highest BCUT2D eigenvalue weighted by Crippen LogP contribution is 2.32. The van der Waals surface area contributed by atoms with E-state index >= 15 is 0 Å². The Balaban J connectivity index is 1.36. The maximum absolute atomic E-state index is 12.5. The fourth-order valence-corrected chi connectivity index (χ4v) is 5.08. The third kappa shape index (κ3) is 4.51. The SMILES string of the molecule is NS(=O)(=O)c1ccc(-c2cnc3[nH]cc(C4=CCN(C(=O)OC5CCCC5)CC4)c3c2)cc1. The molecule has 5 rings (SSSR count). The first-order valence-corrected chi connectivity index (χ1v) is 12.7. The highest BCUT2D eigenvalue weighted by atomic mass is 32.2. The Hall–Kier alpha value is -3.17. The lowest BCUT2D eigenvalue weighted by Crippen LogP contribution is -2.36. The normalized spacial score (nSPS) is 17.4. The van der Waals surface area contributed by atoms with Crippen molar-refractivity contribution in [2.75, 3.05) is 13.1 Å². The summed E-state index contributed by atoms with van der Waals surface area (Å²) in [6.07, 6.45) is 10.6. The summed E-state index contributed by atoms with van der Waals surface area (Å²) < 4.78 is 28.7. The van der Waals surface area contributed by atoms with Crippen LogP contribution in [0.15, 0.2) is 53.7 Å². The van der Waals surface area contributed by atoms with Gasteiger partial charge in [0.15, 0.2) is 0 Å². The minimum absolute atomic E-state index is 0.0695. The molecule has 0 spiro atoms. The number of fused-ring (bicyclic) bond motifs is 1. The van der Waals surface area contributed by atoms with E-state index in [2.05, 4.69) is 16.0 Å². The van der Waals surface area contributed by atoms with Crippen molar-refractivity contribution < 1.29 is 17.9 Å². The number of ether oxygens (including phenoxy) is 1. The molecule has 1 fully saturated rings. The van der Waals surface area contributed by atoms with Crippen LogP contribution in [-0.2, 0) is 14.8 Å². The standard InChI is InChI=1S/C24H26N4O4S/c25-33(30,31)20-7-5-16(6-8-20)18-13-21-22(15-27-23(21)26-14-18)17-9-11-28(12-10-17)24(29)32-19-3-1-2-4-19/h5-9,13-15,19H,1-4,10-12H2,(H,26,27)(H2,25,30,31). The van der Waals surface area contributed by atoms with Gasteiger partial charge in [0.1, 0.15) is 11.8 Å². The number of hydrogen-bond acceptors (Lipinski definition) is 5. The molecule has 0 radical (unpaired) electrons. The number of rotatable bonds is 4. The molecule has 172 valence electrons. The molecule has 1 saturated carbocycles. The molecule has 1 amide bonds. The van der Waals surface area contributed by atoms with E-state index in [4.69, 9.17) is 9.88 Å². The largest absolute Gasteiger partial charge is 0.446 e. The molecule has 33 heavy (non-hydrogen) atoms. The van der Waals surface area contributed by atoms with E-state index in [0.717, 1.165) is 65.4 Å². The van der Waals surface area contributed by atoms with Crippen LogP contribution in [0.5, 0.6) is 0 Å². The van der Waals surface area contributed by atoms with Crippen LogP contribution in [0.2, 0.25) is 0 Å². The maximum atomic E-state index is 12.5. The zero-order valence-corrected chi connectivity index (χ0v) is 19.0. The van der Waals surface area contributed by atoms with E-state index in [1.807, 2.05) is 12.3 Å². The van der Waals surface area contributed by atoms with Crippen molar-refractivity contribution in [1.82, 2.24) is 14.9 Å². The van der Waals surface area contributed by atoms with Crippen LogP contribution in [0.3, 0.4) is 0 Å². The summed E-state index contributed by atoms with van der Waals surface area (Å²) >= 11 is 0. The minimum Gasteiger partial charge on any atom is -0.446 e. The fraction of sp³-hybridized carbons (Fsp3) is 0.333. The third-order valence-electron chi connectivity index (χ3n) is 6.43. The quantitative estimate of drug-likeness (QED) is 0.601. The molecule has 3 heterocycles. The first-order valence-electron chi connectivity index (χ1n) is 11.1. The van der Waals surface area contributed by atoms with E-state index in [1.165, 1.54) is 12.1 Å². The molecule has 8 nitrogen and oxygen atoms in total. The summed E-state index contributed by atoms with van der Waals surface area (Å²) in [5, 5.41) is 6.18. The number of benzene rings is 1. The van der Waals surface area contributed by atoms with Gasteiger partial charge in [0.2, 0.25) is 10.0 Å². The van der Waals surface area contributed by atoms with Crippen LogP contribution in [-0.4, -0.2) is 48.6 Å². The Labute approximate surface area is 192 Å². The third-order valence-corrected chi connectivity index (χ3v) is 7.36. The Morgan fingerprint density at radius 1 is 1.15 bits per heavy atom. The Bertz CT molecular complexity index is 1320. The lowest BCUT2D eigenvalue weighted by molar-refractivity contribution is 0.0682. The lowest BCUT2D eigenvalue weighted by atomic mass is 9.98. The minimum atomic E-state index is -3.73. The highest BCUT2D eigenvalue weighted by Gasteiger charge is 2.25. The zero-order chi connectivity index (χ0) is 23.0. The molecule has 2 aliphatic rings. The number of aromatic nitrogens is 2. The van der Waals surface area contributed by atoms with Crippen LogP contribution in [0.25, 0.3) is 27.7 Å². The van der Waals surface area contributed by atoms with Gasteiger partial charge in [-0.2, -0.15) is 0 Å². The molecule has 3 aromatic rings. The number of carbonyl (C=O) groups excluding carboxylic acids is 1. The van der Waals surface area contributed by atoms with Crippen LogP contribution in [0, 0.1) is 0 Å². The number of amides is 1. The number of carbonyl (C=O) groups is 1. The number of nitrogens with one attached hydrogen (secondary N) is 1.